The molecule has 1 amide bonds. The maximum atomic E-state index is 12.8. The van der Waals surface area contributed by atoms with Crippen LogP contribution in [-0.4, -0.2) is 18.1 Å². The highest BCUT2D eigenvalue weighted by Gasteiger charge is 2.46. The van der Waals surface area contributed by atoms with Gasteiger partial charge in [0, 0.05) is 12.0 Å². The van der Waals surface area contributed by atoms with Crippen LogP contribution in [0.3, 0.4) is 0 Å². The summed E-state index contributed by atoms with van der Waals surface area (Å²) in [6, 6.07) is 0.244. The zero-order valence-corrected chi connectivity index (χ0v) is 11.6. The number of hydrogen-bond acceptors (Lipinski definition) is 1. The van der Waals surface area contributed by atoms with Crippen LogP contribution >= 0.6 is 0 Å². The van der Waals surface area contributed by atoms with Gasteiger partial charge < -0.3 is 5.32 Å². The quantitative estimate of drug-likeness (QED) is 0.840. The summed E-state index contributed by atoms with van der Waals surface area (Å²) in [5.74, 6) is -0.660. The Labute approximate surface area is 117 Å². The SMILES string of the molecule is O=C(NC(C1CC1)C1CC1)C1CCCC(C(F)(F)F)C1. The van der Waals surface area contributed by atoms with Crippen molar-refractivity contribution >= 4 is 5.91 Å². The van der Waals surface area contributed by atoms with Gasteiger partial charge in [0.25, 0.3) is 0 Å². The molecule has 3 rings (SSSR count). The van der Waals surface area contributed by atoms with E-state index in [1.54, 1.807) is 0 Å². The van der Waals surface area contributed by atoms with E-state index in [9.17, 15) is 18.0 Å². The van der Waals surface area contributed by atoms with Crippen molar-refractivity contribution in [1.82, 2.24) is 5.32 Å². The van der Waals surface area contributed by atoms with E-state index in [4.69, 9.17) is 0 Å². The Morgan fingerprint density at radius 2 is 1.60 bits per heavy atom. The molecule has 3 aliphatic carbocycles. The van der Waals surface area contributed by atoms with Gasteiger partial charge in [0.15, 0.2) is 0 Å². The Balaban J connectivity index is 1.56. The normalized spacial score (nSPS) is 31.4. The molecule has 0 aromatic heterocycles. The summed E-state index contributed by atoms with van der Waals surface area (Å²) < 4.78 is 38.4. The predicted molar refractivity (Wildman–Crippen MR) is 68.9 cm³/mol. The van der Waals surface area contributed by atoms with Gasteiger partial charge in [-0.1, -0.05) is 6.42 Å². The first kappa shape index (κ1) is 14.2. The number of hydrogen-bond donors (Lipinski definition) is 1. The second-order valence-corrected chi connectivity index (χ2v) is 6.81. The summed E-state index contributed by atoms with van der Waals surface area (Å²) in [6.45, 7) is 0. The zero-order valence-electron chi connectivity index (χ0n) is 11.6. The second kappa shape index (κ2) is 5.23. The van der Waals surface area contributed by atoms with Crippen LogP contribution in [0, 0.1) is 23.7 Å². The monoisotopic (exact) mass is 289 g/mol. The van der Waals surface area contributed by atoms with Crippen molar-refractivity contribution in [2.75, 3.05) is 0 Å². The first-order chi connectivity index (χ1) is 9.45. The Bertz CT molecular complexity index is 362. The number of carbonyl (C=O) groups is 1. The molecule has 0 bridgehead atoms. The summed E-state index contributed by atoms with van der Waals surface area (Å²) in [5.41, 5.74) is 0. The van der Waals surface area contributed by atoms with E-state index in [-0.39, 0.29) is 24.8 Å². The molecule has 2 atom stereocenters. The largest absolute Gasteiger partial charge is 0.391 e. The average Bonchev–Trinajstić information content (AvgIpc) is 3.28. The molecule has 0 aliphatic heterocycles. The van der Waals surface area contributed by atoms with E-state index in [0.29, 0.717) is 24.7 Å². The molecule has 1 N–H and O–H groups in total. The standard InChI is InChI=1S/C15H22F3NO/c16-15(17,18)12-3-1-2-11(8-12)14(20)19-13(9-4-5-9)10-6-7-10/h9-13H,1-8H2,(H,19,20). The zero-order chi connectivity index (χ0) is 14.3. The van der Waals surface area contributed by atoms with Gasteiger partial charge in [0.2, 0.25) is 5.91 Å². The van der Waals surface area contributed by atoms with Gasteiger partial charge in [0.1, 0.15) is 0 Å². The van der Waals surface area contributed by atoms with Gasteiger partial charge in [-0.2, -0.15) is 13.2 Å². The van der Waals surface area contributed by atoms with Crippen LogP contribution in [0.2, 0.25) is 0 Å². The molecule has 0 spiro atoms. The molecule has 5 heteroatoms. The van der Waals surface area contributed by atoms with Crippen molar-refractivity contribution < 1.29 is 18.0 Å². The summed E-state index contributed by atoms with van der Waals surface area (Å²) >= 11 is 0. The highest BCUT2D eigenvalue weighted by Crippen LogP contribution is 2.45. The molecule has 0 aromatic carbocycles. The average molecular weight is 289 g/mol. The fourth-order valence-electron chi connectivity index (χ4n) is 3.54. The molecular formula is C15H22F3NO. The molecule has 114 valence electrons. The van der Waals surface area contributed by atoms with Gasteiger partial charge in [-0.3, -0.25) is 4.79 Å². The van der Waals surface area contributed by atoms with Crippen LogP contribution in [0.25, 0.3) is 0 Å². The molecule has 3 fully saturated rings. The number of carbonyl (C=O) groups excluding carboxylic acids is 1. The number of alkyl halides is 3. The molecule has 0 aromatic rings. The minimum Gasteiger partial charge on any atom is -0.353 e. The van der Waals surface area contributed by atoms with Crippen molar-refractivity contribution in [3.05, 3.63) is 0 Å². The lowest BCUT2D eigenvalue weighted by Crippen LogP contribution is -2.43. The minimum atomic E-state index is -4.15. The van der Waals surface area contributed by atoms with E-state index in [2.05, 4.69) is 5.32 Å². The predicted octanol–water partition coefficient (Wildman–Crippen LogP) is 3.66. The molecule has 0 saturated heterocycles. The maximum absolute atomic E-state index is 12.8. The molecule has 20 heavy (non-hydrogen) atoms. The first-order valence-corrected chi connectivity index (χ1v) is 7.82. The van der Waals surface area contributed by atoms with E-state index in [1.807, 2.05) is 0 Å². The molecule has 2 nitrogen and oxygen atoms in total. The summed E-state index contributed by atoms with van der Waals surface area (Å²) in [7, 11) is 0. The third-order valence-corrected chi connectivity index (χ3v) is 5.08. The number of nitrogens with one attached hydrogen (secondary N) is 1. The lowest BCUT2D eigenvalue weighted by atomic mass is 9.80. The van der Waals surface area contributed by atoms with Crippen LogP contribution < -0.4 is 5.32 Å². The van der Waals surface area contributed by atoms with Gasteiger partial charge in [-0.15, -0.1) is 0 Å². The molecule has 0 heterocycles. The van der Waals surface area contributed by atoms with Crippen molar-refractivity contribution in [1.29, 1.82) is 0 Å². The minimum absolute atomic E-state index is 0.0165. The van der Waals surface area contributed by atoms with Gasteiger partial charge in [-0.25, -0.2) is 0 Å². The third-order valence-electron chi connectivity index (χ3n) is 5.08. The van der Waals surface area contributed by atoms with Crippen LogP contribution in [0.4, 0.5) is 13.2 Å². The highest BCUT2D eigenvalue weighted by atomic mass is 19.4. The van der Waals surface area contributed by atoms with Crippen LogP contribution in [0.15, 0.2) is 0 Å². The lowest BCUT2D eigenvalue weighted by molar-refractivity contribution is -0.186. The molecule has 0 radical (unpaired) electrons. The van der Waals surface area contributed by atoms with E-state index in [0.717, 1.165) is 25.7 Å². The Kier molecular flexibility index (Phi) is 3.71. The van der Waals surface area contributed by atoms with Crippen LogP contribution in [0.5, 0.6) is 0 Å². The van der Waals surface area contributed by atoms with Crippen LogP contribution in [-0.2, 0) is 4.79 Å². The molecule has 2 unspecified atom stereocenters. The van der Waals surface area contributed by atoms with Crippen molar-refractivity contribution in [3.8, 4) is 0 Å². The molecular weight excluding hydrogens is 267 g/mol. The van der Waals surface area contributed by atoms with Crippen molar-refractivity contribution in [2.45, 2.75) is 63.6 Å². The number of amides is 1. The van der Waals surface area contributed by atoms with E-state index in [1.165, 1.54) is 0 Å². The van der Waals surface area contributed by atoms with Crippen LogP contribution in [0.1, 0.15) is 51.4 Å². The Hall–Kier alpha value is -0.740. The fraction of sp³-hybridized carbons (Fsp3) is 0.933. The second-order valence-electron chi connectivity index (χ2n) is 6.81. The Morgan fingerprint density at radius 3 is 2.10 bits per heavy atom. The maximum Gasteiger partial charge on any atom is 0.391 e. The molecule has 3 saturated carbocycles. The summed E-state index contributed by atoms with van der Waals surface area (Å²) in [4.78, 5) is 12.3. The van der Waals surface area contributed by atoms with Gasteiger partial charge in [0.05, 0.1) is 5.92 Å². The first-order valence-electron chi connectivity index (χ1n) is 7.82. The third kappa shape index (κ3) is 3.29. The van der Waals surface area contributed by atoms with E-state index < -0.39 is 18.0 Å². The fourth-order valence-corrected chi connectivity index (χ4v) is 3.54. The summed E-state index contributed by atoms with van der Waals surface area (Å²) in [5, 5.41) is 3.08. The highest BCUT2D eigenvalue weighted by molar-refractivity contribution is 5.79. The van der Waals surface area contributed by atoms with Crippen molar-refractivity contribution in [3.63, 3.8) is 0 Å². The lowest BCUT2D eigenvalue weighted by Gasteiger charge is -2.31. The van der Waals surface area contributed by atoms with Gasteiger partial charge in [-0.05, 0) is 56.8 Å². The van der Waals surface area contributed by atoms with E-state index >= 15 is 0 Å². The van der Waals surface area contributed by atoms with Gasteiger partial charge >= 0.3 is 6.18 Å². The smallest absolute Gasteiger partial charge is 0.353 e. The number of halogens is 3. The number of rotatable bonds is 4. The Morgan fingerprint density at radius 1 is 1.00 bits per heavy atom. The topological polar surface area (TPSA) is 29.1 Å². The summed E-state index contributed by atoms with van der Waals surface area (Å²) in [6.07, 6.45) is 1.80. The molecule has 3 aliphatic rings. The van der Waals surface area contributed by atoms with Crippen molar-refractivity contribution in [2.24, 2.45) is 23.7 Å².